The number of benzene rings is 3. The van der Waals surface area contributed by atoms with Gasteiger partial charge in [0.05, 0.1) is 16.5 Å². The zero-order valence-electron chi connectivity index (χ0n) is 13.8. The third-order valence-electron chi connectivity index (χ3n) is 4.96. The molecule has 126 valence electrons. The van der Waals surface area contributed by atoms with Crippen LogP contribution >= 0.6 is 0 Å². The van der Waals surface area contributed by atoms with Crippen LogP contribution in [0.2, 0.25) is 0 Å². The lowest BCUT2D eigenvalue weighted by Crippen LogP contribution is -2.22. The van der Waals surface area contributed by atoms with Gasteiger partial charge in [0.2, 0.25) is 11.2 Å². The SMILES string of the molecule is N#[N+]c1cc2c(=O)c3ccccc3[nH]c2c2c1C(=O)c1ccccc1C2=O. The van der Waals surface area contributed by atoms with Gasteiger partial charge in [0, 0.05) is 28.1 Å². The lowest BCUT2D eigenvalue weighted by atomic mass is 9.82. The monoisotopic (exact) mass is 352 g/mol. The van der Waals surface area contributed by atoms with E-state index in [0.29, 0.717) is 10.9 Å². The number of rotatable bonds is 0. The molecule has 6 heteroatoms. The summed E-state index contributed by atoms with van der Waals surface area (Å²) in [5.74, 6) is -0.800. The fraction of sp³-hybridized carbons (Fsp3) is 0. The fourth-order valence-electron chi connectivity index (χ4n) is 3.73. The highest BCUT2D eigenvalue weighted by molar-refractivity contribution is 6.33. The van der Waals surface area contributed by atoms with Gasteiger partial charge in [0.1, 0.15) is 5.56 Å². The predicted molar refractivity (Wildman–Crippen MR) is 100 cm³/mol. The average Bonchev–Trinajstić information content (AvgIpc) is 2.71. The lowest BCUT2D eigenvalue weighted by molar-refractivity contribution is 0.0981. The number of aromatic amines is 1. The number of hydrogen-bond acceptors (Lipinski definition) is 4. The summed E-state index contributed by atoms with van der Waals surface area (Å²) in [6, 6.07) is 14.7. The Bertz CT molecular complexity index is 1440. The molecule has 0 saturated heterocycles. The van der Waals surface area contributed by atoms with Crippen molar-refractivity contribution in [1.29, 1.82) is 5.39 Å². The Labute approximate surface area is 151 Å². The van der Waals surface area contributed by atoms with E-state index in [2.05, 4.69) is 9.96 Å². The summed E-state index contributed by atoms with van der Waals surface area (Å²) >= 11 is 0. The van der Waals surface area contributed by atoms with Crippen molar-refractivity contribution in [3.8, 4) is 0 Å². The van der Waals surface area contributed by atoms with Crippen LogP contribution in [0, 0.1) is 5.39 Å². The quantitative estimate of drug-likeness (QED) is 0.337. The molecule has 0 aliphatic heterocycles. The van der Waals surface area contributed by atoms with Crippen molar-refractivity contribution in [3.63, 3.8) is 0 Å². The molecule has 0 fully saturated rings. The van der Waals surface area contributed by atoms with Crippen molar-refractivity contribution < 1.29 is 9.59 Å². The van der Waals surface area contributed by atoms with Gasteiger partial charge in [0.15, 0.2) is 16.2 Å². The Balaban J connectivity index is 2.03. The Kier molecular flexibility index (Phi) is 2.92. The molecule has 1 aliphatic carbocycles. The van der Waals surface area contributed by atoms with E-state index in [1.807, 2.05) is 0 Å². The summed E-state index contributed by atoms with van der Waals surface area (Å²) in [5, 5.41) is 10.1. The van der Waals surface area contributed by atoms with Crippen LogP contribution in [0.3, 0.4) is 0 Å². The number of pyridine rings is 1. The topological polar surface area (TPSA) is 95.2 Å². The summed E-state index contributed by atoms with van der Waals surface area (Å²) in [7, 11) is 0. The van der Waals surface area contributed by atoms with Crippen LogP contribution in [0.25, 0.3) is 26.8 Å². The number of ketones is 2. The number of nitrogens with zero attached hydrogens (tertiary/aromatic N) is 2. The van der Waals surface area contributed by atoms with Gasteiger partial charge in [-0.25, -0.2) is 0 Å². The number of carbonyl (C=O) groups is 2. The number of diazo groups is 1. The maximum Gasteiger partial charge on any atom is 0.397 e. The van der Waals surface area contributed by atoms with E-state index in [-0.39, 0.29) is 50.1 Å². The molecule has 0 atom stereocenters. The number of carbonyl (C=O) groups excluding carboxylic acids is 2. The van der Waals surface area contributed by atoms with Gasteiger partial charge >= 0.3 is 5.69 Å². The molecule has 1 aliphatic rings. The summed E-state index contributed by atoms with van der Waals surface area (Å²) in [6.07, 6.45) is 0. The van der Waals surface area contributed by atoms with Crippen molar-refractivity contribution in [2.75, 3.05) is 0 Å². The first-order valence-electron chi connectivity index (χ1n) is 8.27. The maximum absolute atomic E-state index is 13.2. The molecule has 1 N–H and O–H groups in total. The molecule has 0 saturated carbocycles. The molecule has 0 spiro atoms. The van der Waals surface area contributed by atoms with E-state index in [4.69, 9.17) is 0 Å². The van der Waals surface area contributed by atoms with E-state index in [9.17, 15) is 19.8 Å². The third-order valence-corrected chi connectivity index (χ3v) is 4.96. The van der Waals surface area contributed by atoms with Crippen molar-refractivity contribution in [3.05, 3.63) is 92.1 Å². The fourth-order valence-corrected chi connectivity index (χ4v) is 3.73. The minimum Gasteiger partial charge on any atom is -0.354 e. The van der Waals surface area contributed by atoms with E-state index in [0.717, 1.165) is 0 Å². The molecular weight excluding hydrogens is 342 g/mol. The number of nitrogens with one attached hydrogen (secondary N) is 1. The first-order chi connectivity index (χ1) is 13.1. The van der Waals surface area contributed by atoms with Crippen molar-refractivity contribution in [2.24, 2.45) is 0 Å². The largest absolute Gasteiger partial charge is 0.397 e. The molecule has 6 nitrogen and oxygen atoms in total. The minimum atomic E-state index is -0.413. The zero-order chi connectivity index (χ0) is 18.7. The molecule has 0 bridgehead atoms. The van der Waals surface area contributed by atoms with E-state index >= 15 is 0 Å². The number of H-pyrrole nitrogens is 1. The van der Waals surface area contributed by atoms with Gasteiger partial charge in [-0.15, -0.1) is 0 Å². The summed E-state index contributed by atoms with van der Waals surface area (Å²) in [4.78, 5) is 45.4. The van der Waals surface area contributed by atoms with Crippen LogP contribution in [-0.4, -0.2) is 16.6 Å². The summed E-state index contributed by atoms with van der Waals surface area (Å²) < 4.78 is 0. The van der Waals surface area contributed by atoms with Crippen LogP contribution in [-0.2, 0) is 0 Å². The smallest absolute Gasteiger partial charge is 0.354 e. The number of fused-ring (bicyclic) bond motifs is 5. The molecular formula is C21H10N3O3+. The van der Waals surface area contributed by atoms with Gasteiger partial charge in [-0.05, 0) is 12.1 Å². The predicted octanol–water partition coefficient (Wildman–Crippen LogP) is 3.94. The first-order valence-corrected chi connectivity index (χ1v) is 8.27. The maximum atomic E-state index is 13.2. The van der Waals surface area contributed by atoms with Gasteiger partial charge in [-0.2, -0.15) is 0 Å². The molecule has 0 amide bonds. The standard InChI is InChI=1S/C21H9N3O3/c22-24-15-9-13-18(23-14-8-4-3-7-12(14)19(13)25)17-16(15)20(26)10-5-1-2-6-11(10)21(17)27/h1-9H/p+1. The second-order valence-electron chi connectivity index (χ2n) is 6.37. The molecule has 1 aromatic heterocycles. The van der Waals surface area contributed by atoms with Crippen LogP contribution in [0.5, 0.6) is 0 Å². The molecule has 1 heterocycles. The highest BCUT2D eigenvalue weighted by atomic mass is 16.1. The zero-order valence-corrected chi connectivity index (χ0v) is 13.8. The number of hydrogen-bond donors (Lipinski definition) is 1. The molecule has 5 rings (SSSR count). The molecule has 4 aromatic rings. The Morgan fingerprint density at radius 3 is 2.11 bits per heavy atom. The van der Waals surface area contributed by atoms with Crippen molar-refractivity contribution in [2.45, 2.75) is 0 Å². The van der Waals surface area contributed by atoms with E-state index in [1.54, 1.807) is 48.5 Å². The summed E-state index contributed by atoms with van der Waals surface area (Å²) in [6.45, 7) is 0. The molecule has 27 heavy (non-hydrogen) atoms. The van der Waals surface area contributed by atoms with Crippen LogP contribution in [0.4, 0.5) is 5.69 Å². The molecule has 0 radical (unpaired) electrons. The van der Waals surface area contributed by atoms with Gasteiger partial charge in [-0.3, -0.25) is 14.4 Å². The molecule has 0 unspecified atom stereocenters. The van der Waals surface area contributed by atoms with Crippen LogP contribution in [0.15, 0.2) is 59.4 Å². The molecule has 3 aromatic carbocycles. The first kappa shape index (κ1) is 15.2. The van der Waals surface area contributed by atoms with Crippen molar-refractivity contribution >= 4 is 39.1 Å². The lowest BCUT2D eigenvalue weighted by Gasteiger charge is -2.17. The highest BCUT2D eigenvalue weighted by Crippen LogP contribution is 2.37. The van der Waals surface area contributed by atoms with Gasteiger partial charge < -0.3 is 4.98 Å². The highest BCUT2D eigenvalue weighted by Gasteiger charge is 2.38. The third kappa shape index (κ3) is 1.88. The van der Waals surface area contributed by atoms with Gasteiger partial charge in [0.25, 0.3) is 0 Å². The van der Waals surface area contributed by atoms with Crippen LogP contribution in [0.1, 0.15) is 31.8 Å². The van der Waals surface area contributed by atoms with Crippen LogP contribution < -0.4 is 5.43 Å². The van der Waals surface area contributed by atoms with E-state index < -0.39 is 5.78 Å². The Morgan fingerprint density at radius 1 is 0.778 bits per heavy atom. The number of aromatic nitrogens is 1. The normalized spacial score (nSPS) is 12.7. The Hall–Kier alpha value is -4.11. The second kappa shape index (κ2) is 5.19. The Morgan fingerprint density at radius 2 is 1.41 bits per heavy atom. The van der Waals surface area contributed by atoms with Gasteiger partial charge in [-0.1, -0.05) is 36.4 Å². The second-order valence-corrected chi connectivity index (χ2v) is 6.37. The van der Waals surface area contributed by atoms with Crippen molar-refractivity contribution in [1.82, 2.24) is 4.98 Å². The minimum absolute atomic E-state index is 0.000342. The number of para-hydroxylation sites is 1. The van der Waals surface area contributed by atoms with E-state index in [1.165, 1.54) is 6.07 Å². The average molecular weight is 352 g/mol. The summed E-state index contributed by atoms with van der Waals surface area (Å²) in [5.41, 5.74) is 1.02.